The second-order valence-corrected chi connectivity index (χ2v) is 8.12. The van der Waals surface area contributed by atoms with E-state index in [1.165, 1.54) is 27.8 Å². The molecule has 0 spiro atoms. The smallest absolute Gasteiger partial charge is 0.276 e. The Labute approximate surface area is 156 Å². The first-order valence-corrected chi connectivity index (χ1v) is 9.84. The van der Waals surface area contributed by atoms with Crippen molar-refractivity contribution in [1.29, 1.82) is 0 Å². The molecule has 1 saturated heterocycles. The molecule has 1 aliphatic rings. The van der Waals surface area contributed by atoms with Crippen molar-refractivity contribution in [3.63, 3.8) is 0 Å². The summed E-state index contributed by atoms with van der Waals surface area (Å²) in [5.74, 6) is 0.472. The molecule has 1 N–H and O–H groups in total. The van der Waals surface area contributed by atoms with E-state index in [4.69, 9.17) is 0 Å². The molecule has 1 amide bonds. The number of nitrogens with one attached hydrogen (secondary N) is 1. The summed E-state index contributed by atoms with van der Waals surface area (Å²) >= 11 is 1.72. The van der Waals surface area contributed by atoms with E-state index in [1.807, 2.05) is 19.2 Å². The molecule has 3 aromatic rings. The summed E-state index contributed by atoms with van der Waals surface area (Å²) in [5.41, 5.74) is 0.414. The van der Waals surface area contributed by atoms with Gasteiger partial charge in [0.05, 0.1) is 12.7 Å². The highest BCUT2D eigenvalue weighted by Crippen LogP contribution is 2.26. The third-order valence-electron chi connectivity index (χ3n) is 4.82. The van der Waals surface area contributed by atoms with Gasteiger partial charge in [-0.15, -0.1) is 16.4 Å². The van der Waals surface area contributed by atoms with Gasteiger partial charge in [-0.3, -0.25) is 9.48 Å². The monoisotopic (exact) mass is 369 g/mol. The Bertz CT molecular complexity index is 863. The molecular weight excluding hydrogens is 346 g/mol. The van der Waals surface area contributed by atoms with Crippen molar-refractivity contribution in [1.82, 2.24) is 25.2 Å². The van der Waals surface area contributed by atoms with E-state index in [0.717, 1.165) is 19.6 Å². The molecule has 136 valence electrons. The average Bonchev–Trinajstić information content (AvgIpc) is 3.28. The molecule has 0 aliphatic carbocycles. The van der Waals surface area contributed by atoms with Crippen molar-refractivity contribution in [3.05, 3.63) is 47.1 Å². The van der Waals surface area contributed by atoms with Gasteiger partial charge in [0.1, 0.15) is 0 Å². The fourth-order valence-electron chi connectivity index (χ4n) is 3.45. The lowest BCUT2D eigenvalue weighted by Gasteiger charge is -2.22. The van der Waals surface area contributed by atoms with Gasteiger partial charge in [-0.25, -0.2) is 0 Å². The molecule has 1 fully saturated rings. The van der Waals surface area contributed by atoms with Gasteiger partial charge < -0.3 is 10.2 Å². The number of nitrogens with zero attached hydrogens (tertiary/aromatic N) is 4. The van der Waals surface area contributed by atoms with Crippen molar-refractivity contribution >= 4 is 27.3 Å². The van der Waals surface area contributed by atoms with E-state index in [-0.39, 0.29) is 5.91 Å². The zero-order valence-electron chi connectivity index (χ0n) is 14.9. The summed E-state index contributed by atoms with van der Waals surface area (Å²) in [7, 11) is 1.82. The summed E-state index contributed by atoms with van der Waals surface area (Å²) in [6.07, 6.45) is 4.17. The highest BCUT2D eigenvalue weighted by atomic mass is 32.1. The molecule has 26 heavy (non-hydrogen) atoms. The minimum Gasteiger partial charge on any atom is -0.335 e. The molecule has 2 aromatic heterocycles. The molecule has 1 aromatic carbocycles. The number of thiophene rings is 1. The summed E-state index contributed by atoms with van der Waals surface area (Å²) in [4.78, 5) is 15.6. The second-order valence-electron chi connectivity index (χ2n) is 6.95. The normalized spacial score (nSPS) is 17.5. The van der Waals surface area contributed by atoms with E-state index in [2.05, 4.69) is 33.8 Å². The molecule has 3 heterocycles. The molecule has 1 aliphatic heterocycles. The van der Waals surface area contributed by atoms with Crippen molar-refractivity contribution in [2.45, 2.75) is 25.9 Å². The predicted octanol–water partition coefficient (Wildman–Crippen LogP) is 2.76. The summed E-state index contributed by atoms with van der Waals surface area (Å²) in [6.45, 7) is 3.50. The number of benzene rings is 1. The number of piperidine rings is 1. The van der Waals surface area contributed by atoms with Gasteiger partial charge in [-0.1, -0.05) is 23.4 Å². The molecule has 4 rings (SSSR count). The largest absolute Gasteiger partial charge is 0.335 e. The highest BCUT2D eigenvalue weighted by Gasteiger charge is 2.19. The van der Waals surface area contributed by atoms with Crippen molar-refractivity contribution in [2.24, 2.45) is 5.92 Å². The first kappa shape index (κ1) is 17.2. The fraction of sp³-hybridized carbons (Fsp3) is 0.421. The van der Waals surface area contributed by atoms with Crippen molar-refractivity contribution in [2.75, 3.05) is 20.1 Å². The lowest BCUT2D eigenvalue weighted by molar-refractivity contribution is 0.0780. The number of hydrogen-bond donors (Lipinski definition) is 1. The Morgan fingerprint density at radius 1 is 1.42 bits per heavy atom. The number of aromatic nitrogens is 3. The first-order valence-electron chi connectivity index (χ1n) is 9.03. The molecule has 0 unspecified atom stereocenters. The fourth-order valence-corrected chi connectivity index (χ4v) is 4.56. The van der Waals surface area contributed by atoms with E-state index in [9.17, 15) is 4.79 Å². The van der Waals surface area contributed by atoms with E-state index in [1.54, 1.807) is 27.1 Å². The maximum Gasteiger partial charge on any atom is 0.276 e. The van der Waals surface area contributed by atoms with E-state index < -0.39 is 0 Å². The second kappa shape index (κ2) is 7.55. The quantitative estimate of drug-likeness (QED) is 0.751. The highest BCUT2D eigenvalue weighted by molar-refractivity contribution is 7.19. The zero-order chi connectivity index (χ0) is 17.9. The van der Waals surface area contributed by atoms with Gasteiger partial charge in [-0.05, 0) is 49.4 Å². The summed E-state index contributed by atoms with van der Waals surface area (Å²) in [5, 5.41) is 12.9. The van der Waals surface area contributed by atoms with Gasteiger partial charge in [0.15, 0.2) is 5.69 Å². The SMILES string of the molecule is CN(Cc1cc2ccccc2s1)C(=O)c1cn(C[C@H]2CCCNC2)nn1. The van der Waals surface area contributed by atoms with Crippen LogP contribution in [0.3, 0.4) is 0 Å². The van der Waals surface area contributed by atoms with Gasteiger partial charge in [0.2, 0.25) is 0 Å². The Hall–Kier alpha value is -2.25. The Balaban J connectivity index is 1.40. The molecule has 0 bridgehead atoms. The first-order chi connectivity index (χ1) is 12.7. The minimum atomic E-state index is -0.0875. The van der Waals surface area contributed by atoms with Crippen LogP contribution in [-0.2, 0) is 13.1 Å². The number of amides is 1. The molecule has 1 atom stereocenters. The third-order valence-corrected chi connectivity index (χ3v) is 5.92. The third kappa shape index (κ3) is 3.78. The van der Waals surface area contributed by atoms with Gasteiger partial charge in [0.25, 0.3) is 5.91 Å². The summed E-state index contributed by atoms with van der Waals surface area (Å²) in [6, 6.07) is 10.4. The number of hydrogen-bond acceptors (Lipinski definition) is 5. The van der Waals surface area contributed by atoms with Crippen LogP contribution in [0.2, 0.25) is 0 Å². The maximum atomic E-state index is 12.7. The Morgan fingerprint density at radius 2 is 2.31 bits per heavy atom. The van der Waals surface area contributed by atoms with Crippen LogP contribution in [0, 0.1) is 5.92 Å². The maximum absolute atomic E-state index is 12.7. The zero-order valence-corrected chi connectivity index (χ0v) is 15.7. The van der Waals surface area contributed by atoms with Crippen LogP contribution in [0.4, 0.5) is 0 Å². The van der Waals surface area contributed by atoms with Gasteiger partial charge in [-0.2, -0.15) is 0 Å². The lowest BCUT2D eigenvalue weighted by atomic mass is 10.00. The van der Waals surface area contributed by atoms with Gasteiger partial charge in [0, 0.05) is 23.2 Å². The van der Waals surface area contributed by atoms with Crippen molar-refractivity contribution < 1.29 is 4.79 Å². The van der Waals surface area contributed by atoms with Crippen LogP contribution < -0.4 is 5.32 Å². The van der Waals surface area contributed by atoms with Crippen molar-refractivity contribution in [3.8, 4) is 0 Å². The Kier molecular flexibility index (Phi) is 4.99. The van der Waals surface area contributed by atoms with Crippen LogP contribution in [-0.4, -0.2) is 45.9 Å². The van der Waals surface area contributed by atoms with Crippen LogP contribution in [0.5, 0.6) is 0 Å². The van der Waals surface area contributed by atoms with Crippen LogP contribution in [0.25, 0.3) is 10.1 Å². The average molecular weight is 369 g/mol. The van der Waals surface area contributed by atoms with Gasteiger partial charge >= 0.3 is 0 Å². The molecule has 0 saturated carbocycles. The number of fused-ring (bicyclic) bond motifs is 1. The molecule has 6 nitrogen and oxygen atoms in total. The number of carbonyl (C=O) groups excluding carboxylic acids is 1. The van der Waals surface area contributed by atoms with Crippen LogP contribution >= 0.6 is 11.3 Å². The number of rotatable bonds is 5. The van der Waals surface area contributed by atoms with E-state index in [0.29, 0.717) is 18.2 Å². The summed E-state index contributed by atoms with van der Waals surface area (Å²) < 4.78 is 3.05. The van der Waals surface area contributed by atoms with Crippen LogP contribution in [0.15, 0.2) is 36.5 Å². The Morgan fingerprint density at radius 3 is 3.12 bits per heavy atom. The van der Waals surface area contributed by atoms with E-state index >= 15 is 0 Å². The lowest BCUT2D eigenvalue weighted by Crippen LogP contribution is -2.32. The van der Waals surface area contributed by atoms with Crippen LogP contribution in [0.1, 0.15) is 28.2 Å². The predicted molar refractivity (Wildman–Crippen MR) is 103 cm³/mol. The standard InChI is InChI=1S/C19H23N5OS/c1-23(12-16-9-15-6-2-3-7-18(15)26-16)19(25)17-13-24(22-21-17)11-14-5-4-8-20-10-14/h2-3,6-7,9,13-14,20H,4-5,8,10-12H2,1H3/t14-/m0/s1. The molecule has 7 heteroatoms. The minimum absolute atomic E-state index is 0.0875. The molecule has 0 radical (unpaired) electrons. The topological polar surface area (TPSA) is 63.1 Å². The number of carbonyl (C=O) groups is 1. The molecular formula is C19H23N5OS.